The molecule has 0 unspecified atom stereocenters. The lowest BCUT2D eigenvalue weighted by Crippen LogP contribution is -2.41. The van der Waals surface area contributed by atoms with Crippen LogP contribution in [0, 0.1) is 6.92 Å². The summed E-state index contributed by atoms with van der Waals surface area (Å²) in [4.78, 5) is 18.9. The van der Waals surface area contributed by atoms with Crippen molar-refractivity contribution in [1.29, 1.82) is 0 Å². The van der Waals surface area contributed by atoms with Crippen LogP contribution in [0.1, 0.15) is 80.4 Å². The van der Waals surface area contributed by atoms with Crippen molar-refractivity contribution in [3.63, 3.8) is 0 Å². The van der Waals surface area contributed by atoms with Gasteiger partial charge in [0, 0.05) is 30.2 Å². The van der Waals surface area contributed by atoms with E-state index < -0.39 is 0 Å². The Labute approximate surface area is 218 Å². The fourth-order valence-electron chi connectivity index (χ4n) is 5.79. The minimum atomic E-state index is -0.00201. The number of tetrazole rings is 1. The lowest BCUT2D eigenvalue weighted by atomic mass is 9.91. The van der Waals surface area contributed by atoms with Crippen LogP contribution in [0.4, 0.5) is 0 Å². The molecule has 1 saturated carbocycles. The number of fused-ring (bicyclic) bond motifs is 1. The number of benzene rings is 2. The summed E-state index contributed by atoms with van der Waals surface area (Å²) in [5.41, 5.74) is 4.13. The maximum absolute atomic E-state index is 13.2. The molecular formula is C30H38N6O. The molecule has 37 heavy (non-hydrogen) atoms. The second-order valence-electron chi connectivity index (χ2n) is 10.5. The third kappa shape index (κ3) is 5.99. The van der Waals surface area contributed by atoms with Crippen LogP contribution < -0.4 is 5.56 Å². The molecule has 2 aromatic carbocycles. The van der Waals surface area contributed by atoms with E-state index in [2.05, 4.69) is 74.8 Å². The Balaban J connectivity index is 1.48. The molecule has 1 fully saturated rings. The first-order chi connectivity index (χ1) is 18.1. The number of aromatic amines is 1. The maximum Gasteiger partial charge on any atom is 0.252 e. The van der Waals surface area contributed by atoms with Crippen LogP contribution in [0.5, 0.6) is 0 Å². The van der Waals surface area contributed by atoms with E-state index in [1.807, 2.05) is 23.7 Å². The van der Waals surface area contributed by atoms with Crippen molar-refractivity contribution in [3.8, 4) is 0 Å². The molecule has 1 aliphatic carbocycles. The van der Waals surface area contributed by atoms with Crippen LogP contribution in [0.25, 0.3) is 10.9 Å². The second kappa shape index (κ2) is 11.8. The van der Waals surface area contributed by atoms with Crippen LogP contribution in [-0.4, -0.2) is 36.1 Å². The van der Waals surface area contributed by atoms with Crippen molar-refractivity contribution in [3.05, 3.63) is 87.5 Å². The zero-order valence-electron chi connectivity index (χ0n) is 22.1. The SMILES string of the molecule is CCC[C@@H](c1nnnn1CCc1ccccc1)N(Cc1cc2ccc(C)cc2[nH]c1=O)C1CCCCC1. The van der Waals surface area contributed by atoms with Crippen LogP contribution in [0.15, 0.2) is 59.4 Å². The molecule has 194 valence electrons. The fourth-order valence-corrected chi connectivity index (χ4v) is 5.79. The molecule has 5 rings (SSSR count). The second-order valence-corrected chi connectivity index (χ2v) is 10.5. The summed E-state index contributed by atoms with van der Waals surface area (Å²) < 4.78 is 1.98. The number of hydrogen-bond acceptors (Lipinski definition) is 5. The molecule has 0 amide bonds. The van der Waals surface area contributed by atoms with Crippen molar-refractivity contribution >= 4 is 10.9 Å². The number of nitrogens with one attached hydrogen (secondary N) is 1. The van der Waals surface area contributed by atoms with Crippen molar-refractivity contribution in [2.45, 2.75) is 90.4 Å². The molecule has 1 aliphatic rings. The maximum atomic E-state index is 13.2. The summed E-state index contributed by atoms with van der Waals surface area (Å²) in [5.74, 6) is 0.913. The number of rotatable bonds is 10. The zero-order valence-corrected chi connectivity index (χ0v) is 22.1. The average Bonchev–Trinajstić information content (AvgIpc) is 3.39. The van der Waals surface area contributed by atoms with E-state index in [9.17, 15) is 4.79 Å². The third-order valence-corrected chi connectivity index (χ3v) is 7.75. The van der Waals surface area contributed by atoms with Gasteiger partial charge in [0.05, 0.1) is 6.04 Å². The molecule has 0 radical (unpaired) electrons. The molecule has 2 heterocycles. The minimum absolute atomic E-state index is 0.00201. The first-order valence-electron chi connectivity index (χ1n) is 13.8. The number of pyridine rings is 1. The first kappa shape index (κ1) is 25.3. The lowest BCUT2D eigenvalue weighted by molar-refractivity contribution is 0.0809. The van der Waals surface area contributed by atoms with E-state index in [-0.39, 0.29) is 11.6 Å². The third-order valence-electron chi connectivity index (χ3n) is 7.75. The highest BCUT2D eigenvalue weighted by Crippen LogP contribution is 2.33. The van der Waals surface area contributed by atoms with Gasteiger partial charge in [0.2, 0.25) is 0 Å². The van der Waals surface area contributed by atoms with E-state index >= 15 is 0 Å². The topological polar surface area (TPSA) is 79.7 Å². The van der Waals surface area contributed by atoms with Crippen molar-refractivity contribution in [2.24, 2.45) is 0 Å². The zero-order chi connectivity index (χ0) is 25.6. The quantitative estimate of drug-likeness (QED) is 0.301. The van der Waals surface area contributed by atoms with E-state index in [4.69, 9.17) is 0 Å². The average molecular weight is 499 g/mol. The summed E-state index contributed by atoms with van der Waals surface area (Å²) >= 11 is 0. The van der Waals surface area contributed by atoms with E-state index in [0.717, 1.165) is 66.5 Å². The smallest absolute Gasteiger partial charge is 0.252 e. The molecule has 0 spiro atoms. The van der Waals surface area contributed by atoms with Crippen molar-refractivity contribution in [2.75, 3.05) is 0 Å². The van der Waals surface area contributed by atoms with E-state index in [0.29, 0.717) is 12.6 Å². The van der Waals surface area contributed by atoms with Gasteiger partial charge in [-0.2, -0.15) is 0 Å². The minimum Gasteiger partial charge on any atom is -0.322 e. The summed E-state index contributed by atoms with van der Waals surface area (Å²) in [6, 6.07) is 19.3. The van der Waals surface area contributed by atoms with Crippen LogP contribution >= 0.6 is 0 Å². The highest BCUT2D eigenvalue weighted by Gasteiger charge is 2.32. The predicted octanol–water partition coefficient (Wildman–Crippen LogP) is 5.74. The summed E-state index contributed by atoms with van der Waals surface area (Å²) in [6.07, 6.45) is 8.89. The van der Waals surface area contributed by atoms with E-state index in [1.54, 1.807) is 0 Å². The van der Waals surface area contributed by atoms with Gasteiger partial charge < -0.3 is 4.98 Å². The Bertz CT molecular complexity index is 1360. The van der Waals surface area contributed by atoms with Crippen LogP contribution in [0.3, 0.4) is 0 Å². The molecule has 1 atom stereocenters. The molecule has 7 heteroatoms. The first-order valence-corrected chi connectivity index (χ1v) is 13.8. The van der Waals surface area contributed by atoms with Crippen LogP contribution in [-0.2, 0) is 19.5 Å². The highest BCUT2D eigenvalue weighted by molar-refractivity contribution is 5.79. The lowest BCUT2D eigenvalue weighted by Gasteiger charge is -2.39. The molecule has 0 aliphatic heterocycles. The number of hydrogen-bond donors (Lipinski definition) is 1. The monoisotopic (exact) mass is 498 g/mol. The molecule has 4 aromatic rings. The van der Waals surface area contributed by atoms with Gasteiger partial charge in [-0.25, -0.2) is 4.68 Å². The predicted molar refractivity (Wildman–Crippen MR) is 147 cm³/mol. The van der Waals surface area contributed by atoms with Crippen LogP contribution in [0.2, 0.25) is 0 Å². The Hall–Kier alpha value is -3.32. The number of H-pyrrole nitrogens is 1. The summed E-state index contributed by atoms with van der Waals surface area (Å²) in [7, 11) is 0. The Morgan fingerprint density at radius 2 is 1.89 bits per heavy atom. The molecular weight excluding hydrogens is 460 g/mol. The van der Waals surface area contributed by atoms with Gasteiger partial charge in [0.1, 0.15) is 0 Å². The Morgan fingerprint density at radius 1 is 1.08 bits per heavy atom. The summed E-state index contributed by atoms with van der Waals surface area (Å²) in [6.45, 7) is 5.60. The Morgan fingerprint density at radius 3 is 2.68 bits per heavy atom. The van der Waals surface area contributed by atoms with Crippen molar-refractivity contribution < 1.29 is 0 Å². The normalized spacial score (nSPS) is 15.4. The van der Waals surface area contributed by atoms with Gasteiger partial charge in [-0.1, -0.05) is 75.1 Å². The van der Waals surface area contributed by atoms with Gasteiger partial charge in [0.15, 0.2) is 5.82 Å². The molecule has 1 N–H and O–H groups in total. The number of aryl methyl sites for hydroxylation is 3. The summed E-state index contributed by atoms with van der Waals surface area (Å²) in [5, 5.41) is 14.1. The molecule has 0 saturated heterocycles. The molecule has 0 bridgehead atoms. The molecule has 7 nitrogen and oxygen atoms in total. The highest BCUT2D eigenvalue weighted by atomic mass is 16.1. The van der Waals surface area contributed by atoms with Gasteiger partial charge in [0.25, 0.3) is 5.56 Å². The number of nitrogens with zero attached hydrogens (tertiary/aromatic N) is 5. The largest absolute Gasteiger partial charge is 0.322 e. The van der Waals surface area contributed by atoms with Gasteiger partial charge in [-0.3, -0.25) is 9.69 Å². The van der Waals surface area contributed by atoms with Gasteiger partial charge in [-0.05, 0) is 71.7 Å². The van der Waals surface area contributed by atoms with Crippen molar-refractivity contribution in [1.82, 2.24) is 30.1 Å². The Kier molecular flexibility index (Phi) is 8.09. The van der Waals surface area contributed by atoms with E-state index in [1.165, 1.54) is 24.8 Å². The number of aromatic nitrogens is 5. The molecule has 2 aromatic heterocycles. The standard InChI is InChI=1S/C30H38N6O/c1-3-10-28(29-32-33-34-36(29)18-17-23-11-6-4-7-12-23)35(26-13-8-5-9-14-26)21-25-20-24-16-15-22(2)19-27(24)31-30(25)37/h4,6-7,11-12,15-16,19-20,26,28H,3,5,8-10,13-14,17-18,21H2,1-2H3,(H,31,37)/t28-/m0/s1. The van der Waals surface area contributed by atoms with Gasteiger partial charge in [-0.15, -0.1) is 5.10 Å². The fraction of sp³-hybridized carbons (Fsp3) is 0.467. The van der Waals surface area contributed by atoms with Gasteiger partial charge >= 0.3 is 0 Å².